The molecule has 3 N–H and O–H groups in total. The first-order valence-corrected chi connectivity index (χ1v) is 5.33. The third kappa shape index (κ3) is 2.18. The molecule has 1 unspecified atom stereocenters. The first kappa shape index (κ1) is 10.2. The monoisotopic (exact) mass is 204 g/mol. The van der Waals surface area contributed by atoms with Crippen LogP contribution in [0, 0.1) is 0 Å². The summed E-state index contributed by atoms with van der Waals surface area (Å²) in [4.78, 5) is 10.9. The van der Waals surface area contributed by atoms with Crippen LogP contribution in [0.4, 0.5) is 5.69 Å². The first-order chi connectivity index (χ1) is 7.16. The fraction of sp³-hybridized carbons (Fsp3) is 0.417. The number of carbonyl (C=O) groups is 1. The van der Waals surface area contributed by atoms with Crippen molar-refractivity contribution in [2.24, 2.45) is 5.73 Å². The Labute approximate surface area is 89.7 Å². The van der Waals surface area contributed by atoms with Crippen molar-refractivity contribution in [1.82, 2.24) is 0 Å². The van der Waals surface area contributed by atoms with Crippen LogP contribution in [0.1, 0.15) is 36.9 Å². The maximum Gasteiger partial charge on any atom is 0.221 e. The van der Waals surface area contributed by atoms with E-state index in [1.165, 1.54) is 18.1 Å². The summed E-state index contributed by atoms with van der Waals surface area (Å²) in [5, 5.41) is 2.79. The number of nitrogens with one attached hydrogen (secondary N) is 1. The topological polar surface area (TPSA) is 55.1 Å². The molecule has 0 saturated carbocycles. The zero-order valence-electron chi connectivity index (χ0n) is 8.92. The Morgan fingerprint density at radius 1 is 1.53 bits per heavy atom. The van der Waals surface area contributed by atoms with Crippen molar-refractivity contribution in [3.63, 3.8) is 0 Å². The molecule has 2 rings (SSSR count). The molecule has 15 heavy (non-hydrogen) atoms. The van der Waals surface area contributed by atoms with E-state index in [1.807, 2.05) is 18.2 Å². The molecule has 1 aromatic carbocycles. The van der Waals surface area contributed by atoms with E-state index in [0.717, 1.165) is 24.9 Å². The highest BCUT2D eigenvalue weighted by molar-refractivity contribution is 5.88. The van der Waals surface area contributed by atoms with E-state index in [4.69, 9.17) is 5.73 Å². The smallest absolute Gasteiger partial charge is 0.221 e. The average molecular weight is 204 g/mol. The number of aryl methyl sites for hydroxylation is 1. The third-order valence-corrected chi connectivity index (χ3v) is 2.82. The standard InChI is InChI=1S/C12H16N2O/c1-8(15)14-10-5-6-11-9(7-10)3-2-4-12(11)13/h5-7,12H,2-4,13H2,1H3,(H,14,15). The number of benzene rings is 1. The summed E-state index contributed by atoms with van der Waals surface area (Å²) in [6.07, 6.45) is 3.26. The minimum absolute atomic E-state index is 0.0324. The van der Waals surface area contributed by atoms with Gasteiger partial charge >= 0.3 is 0 Å². The summed E-state index contributed by atoms with van der Waals surface area (Å²) < 4.78 is 0. The van der Waals surface area contributed by atoms with Gasteiger partial charge in [-0.05, 0) is 42.5 Å². The molecule has 0 bridgehead atoms. The number of rotatable bonds is 1. The molecule has 3 heteroatoms. The van der Waals surface area contributed by atoms with Gasteiger partial charge in [-0.2, -0.15) is 0 Å². The van der Waals surface area contributed by atoms with Crippen molar-refractivity contribution >= 4 is 11.6 Å². The molecule has 0 fully saturated rings. The summed E-state index contributed by atoms with van der Waals surface area (Å²) in [6.45, 7) is 1.52. The van der Waals surface area contributed by atoms with Crippen molar-refractivity contribution < 1.29 is 4.79 Å². The fourth-order valence-electron chi connectivity index (χ4n) is 2.13. The van der Waals surface area contributed by atoms with Crippen molar-refractivity contribution in [1.29, 1.82) is 0 Å². The zero-order valence-corrected chi connectivity index (χ0v) is 8.92. The van der Waals surface area contributed by atoms with Crippen LogP contribution in [0.15, 0.2) is 18.2 Å². The van der Waals surface area contributed by atoms with Gasteiger partial charge in [-0.1, -0.05) is 6.07 Å². The fourth-order valence-corrected chi connectivity index (χ4v) is 2.13. The number of fused-ring (bicyclic) bond motifs is 1. The molecule has 1 amide bonds. The SMILES string of the molecule is CC(=O)Nc1ccc2c(c1)CCCC2N. The van der Waals surface area contributed by atoms with E-state index in [0.29, 0.717) is 0 Å². The predicted octanol–water partition coefficient (Wildman–Crippen LogP) is 1.98. The van der Waals surface area contributed by atoms with E-state index in [9.17, 15) is 4.79 Å². The number of anilines is 1. The second-order valence-corrected chi connectivity index (χ2v) is 4.09. The lowest BCUT2D eigenvalue weighted by atomic mass is 9.88. The van der Waals surface area contributed by atoms with Crippen LogP contribution in [0.25, 0.3) is 0 Å². The van der Waals surface area contributed by atoms with Gasteiger partial charge in [0.1, 0.15) is 0 Å². The van der Waals surface area contributed by atoms with Crippen molar-refractivity contribution in [2.75, 3.05) is 5.32 Å². The van der Waals surface area contributed by atoms with Crippen molar-refractivity contribution in [3.8, 4) is 0 Å². The van der Waals surface area contributed by atoms with E-state index >= 15 is 0 Å². The number of amides is 1. The molecule has 1 aromatic rings. The maximum absolute atomic E-state index is 10.9. The minimum atomic E-state index is -0.0324. The second kappa shape index (κ2) is 4.03. The molecule has 0 aromatic heterocycles. The largest absolute Gasteiger partial charge is 0.326 e. The van der Waals surface area contributed by atoms with Crippen LogP contribution in [0.2, 0.25) is 0 Å². The van der Waals surface area contributed by atoms with Gasteiger partial charge in [0.15, 0.2) is 0 Å². The first-order valence-electron chi connectivity index (χ1n) is 5.33. The molecule has 0 radical (unpaired) electrons. The van der Waals surface area contributed by atoms with E-state index in [2.05, 4.69) is 5.32 Å². The Bertz CT molecular complexity index is 387. The summed E-state index contributed by atoms with van der Waals surface area (Å²) in [5.74, 6) is -0.0324. The quantitative estimate of drug-likeness (QED) is 0.735. The zero-order chi connectivity index (χ0) is 10.8. The van der Waals surface area contributed by atoms with Gasteiger partial charge in [0.25, 0.3) is 0 Å². The Kier molecular flexibility index (Phi) is 2.73. The van der Waals surface area contributed by atoms with Crippen LogP contribution in [0.5, 0.6) is 0 Å². The molecule has 1 aliphatic rings. The number of hydrogen-bond acceptors (Lipinski definition) is 2. The molecule has 0 saturated heterocycles. The number of carbonyl (C=O) groups excluding carboxylic acids is 1. The van der Waals surface area contributed by atoms with Crippen LogP contribution in [0.3, 0.4) is 0 Å². The molecule has 0 heterocycles. The van der Waals surface area contributed by atoms with E-state index in [1.54, 1.807) is 0 Å². The van der Waals surface area contributed by atoms with Gasteiger partial charge < -0.3 is 11.1 Å². The van der Waals surface area contributed by atoms with Crippen molar-refractivity contribution in [3.05, 3.63) is 29.3 Å². The normalized spacial score (nSPS) is 19.5. The lowest BCUT2D eigenvalue weighted by Crippen LogP contribution is -2.17. The highest BCUT2D eigenvalue weighted by Crippen LogP contribution is 2.29. The molecule has 0 aliphatic heterocycles. The predicted molar refractivity (Wildman–Crippen MR) is 60.6 cm³/mol. The summed E-state index contributed by atoms with van der Waals surface area (Å²) in [5.41, 5.74) is 9.39. The highest BCUT2D eigenvalue weighted by Gasteiger charge is 2.16. The van der Waals surface area contributed by atoms with Gasteiger partial charge in [-0.25, -0.2) is 0 Å². The maximum atomic E-state index is 10.9. The highest BCUT2D eigenvalue weighted by atomic mass is 16.1. The van der Waals surface area contributed by atoms with Crippen LogP contribution < -0.4 is 11.1 Å². The van der Waals surface area contributed by atoms with Crippen molar-refractivity contribution in [2.45, 2.75) is 32.2 Å². The lowest BCUT2D eigenvalue weighted by molar-refractivity contribution is -0.114. The molecule has 0 spiro atoms. The molecule has 80 valence electrons. The Morgan fingerprint density at radius 2 is 2.33 bits per heavy atom. The Balaban J connectivity index is 2.29. The molecular weight excluding hydrogens is 188 g/mol. The summed E-state index contributed by atoms with van der Waals surface area (Å²) in [6, 6.07) is 6.16. The molecular formula is C12H16N2O. The van der Waals surface area contributed by atoms with E-state index in [-0.39, 0.29) is 11.9 Å². The van der Waals surface area contributed by atoms with Gasteiger partial charge in [0, 0.05) is 18.7 Å². The molecule has 1 atom stereocenters. The summed E-state index contributed by atoms with van der Waals surface area (Å²) in [7, 11) is 0. The number of hydrogen-bond donors (Lipinski definition) is 2. The Morgan fingerprint density at radius 3 is 3.07 bits per heavy atom. The Hall–Kier alpha value is -1.35. The van der Waals surface area contributed by atoms with Gasteiger partial charge in [-0.3, -0.25) is 4.79 Å². The van der Waals surface area contributed by atoms with Gasteiger partial charge in [0.2, 0.25) is 5.91 Å². The van der Waals surface area contributed by atoms with Gasteiger partial charge in [-0.15, -0.1) is 0 Å². The second-order valence-electron chi connectivity index (χ2n) is 4.09. The number of nitrogens with two attached hydrogens (primary N) is 1. The summed E-state index contributed by atoms with van der Waals surface area (Å²) >= 11 is 0. The van der Waals surface area contributed by atoms with Crippen LogP contribution in [-0.2, 0) is 11.2 Å². The molecule has 1 aliphatic carbocycles. The van der Waals surface area contributed by atoms with Crippen LogP contribution in [-0.4, -0.2) is 5.91 Å². The van der Waals surface area contributed by atoms with Crippen LogP contribution >= 0.6 is 0 Å². The minimum Gasteiger partial charge on any atom is -0.326 e. The van der Waals surface area contributed by atoms with Gasteiger partial charge in [0.05, 0.1) is 0 Å². The lowest BCUT2D eigenvalue weighted by Gasteiger charge is -2.22. The third-order valence-electron chi connectivity index (χ3n) is 2.82. The van der Waals surface area contributed by atoms with E-state index < -0.39 is 0 Å². The molecule has 3 nitrogen and oxygen atoms in total. The average Bonchev–Trinajstić information content (AvgIpc) is 2.17.